The van der Waals surface area contributed by atoms with Gasteiger partial charge in [-0.05, 0) is 77.0 Å². The van der Waals surface area contributed by atoms with Crippen LogP contribution in [0.4, 0.5) is 0 Å². The van der Waals surface area contributed by atoms with E-state index in [2.05, 4.69) is 106 Å². The largest absolute Gasteiger partial charge is 0.462 e. The number of carbonyl (C=O) groups excluding carboxylic acids is 3. The summed E-state index contributed by atoms with van der Waals surface area (Å²) in [6.45, 7) is 6.50. The molecule has 0 bridgehead atoms. The molecule has 0 N–H and O–H groups in total. The van der Waals surface area contributed by atoms with E-state index in [1.165, 1.54) is 103 Å². The van der Waals surface area contributed by atoms with Crippen molar-refractivity contribution in [2.24, 2.45) is 0 Å². The number of unbranched alkanes of at least 4 members (excludes halogenated alkanes) is 23. The molecule has 62 heavy (non-hydrogen) atoms. The summed E-state index contributed by atoms with van der Waals surface area (Å²) >= 11 is 0. The summed E-state index contributed by atoms with van der Waals surface area (Å²) in [5, 5.41) is 0. The van der Waals surface area contributed by atoms with Gasteiger partial charge in [-0.15, -0.1) is 0 Å². The Balaban J connectivity index is 4.47. The van der Waals surface area contributed by atoms with Crippen molar-refractivity contribution >= 4 is 17.9 Å². The molecule has 0 aromatic heterocycles. The van der Waals surface area contributed by atoms with Crippen molar-refractivity contribution in [2.45, 2.75) is 239 Å². The Bertz CT molecular complexity index is 1220. The highest BCUT2D eigenvalue weighted by Gasteiger charge is 2.19. The number of rotatable bonds is 45. The van der Waals surface area contributed by atoms with Crippen LogP contribution in [-0.2, 0) is 28.6 Å². The minimum absolute atomic E-state index is 0.104. The van der Waals surface area contributed by atoms with E-state index in [1.807, 2.05) is 0 Å². The Labute approximate surface area is 382 Å². The summed E-state index contributed by atoms with van der Waals surface area (Å²) in [6.07, 6.45) is 64.3. The van der Waals surface area contributed by atoms with Crippen molar-refractivity contribution in [2.75, 3.05) is 13.2 Å². The first kappa shape index (κ1) is 58.6. The molecule has 0 fully saturated rings. The fourth-order valence-corrected chi connectivity index (χ4v) is 6.82. The molecule has 6 nitrogen and oxygen atoms in total. The van der Waals surface area contributed by atoms with E-state index in [0.717, 1.165) is 83.5 Å². The van der Waals surface area contributed by atoms with Gasteiger partial charge in [0.05, 0.1) is 0 Å². The molecule has 0 aliphatic heterocycles. The topological polar surface area (TPSA) is 78.9 Å². The Morgan fingerprint density at radius 1 is 0.339 bits per heavy atom. The Kier molecular flexibility index (Phi) is 47.5. The van der Waals surface area contributed by atoms with Crippen LogP contribution in [0.2, 0.25) is 0 Å². The molecule has 0 radical (unpaired) electrons. The predicted octanol–water partition coefficient (Wildman–Crippen LogP) is 16.8. The minimum Gasteiger partial charge on any atom is -0.462 e. The second-order valence-electron chi connectivity index (χ2n) is 16.8. The summed E-state index contributed by atoms with van der Waals surface area (Å²) in [6, 6.07) is 0. The summed E-state index contributed by atoms with van der Waals surface area (Å²) in [5.74, 6) is -0.985. The van der Waals surface area contributed by atoms with Crippen molar-refractivity contribution in [1.29, 1.82) is 0 Å². The number of hydrogen-bond donors (Lipinski definition) is 0. The molecule has 0 aliphatic rings. The molecule has 0 rings (SSSR count). The van der Waals surface area contributed by atoms with E-state index in [1.54, 1.807) is 0 Å². The first-order valence-electron chi connectivity index (χ1n) is 25.6. The average Bonchev–Trinajstić information content (AvgIpc) is 3.27. The predicted molar refractivity (Wildman–Crippen MR) is 265 cm³/mol. The summed E-state index contributed by atoms with van der Waals surface area (Å²) in [5.41, 5.74) is 0. The highest BCUT2D eigenvalue weighted by atomic mass is 16.6. The van der Waals surface area contributed by atoms with Gasteiger partial charge in [-0.3, -0.25) is 14.4 Å². The normalized spacial score (nSPS) is 12.8. The van der Waals surface area contributed by atoms with E-state index >= 15 is 0 Å². The Morgan fingerprint density at radius 3 is 1.13 bits per heavy atom. The van der Waals surface area contributed by atoms with Crippen LogP contribution in [-0.4, -0.2) is 37.2 Å². The van der Waals surface area contributed by atoms with Crippen LogP contribution in [0.25, 0.3) is 0 Å². The van der Waals surface area contributed by atoms with Gasteiger partial charge in [-0.1, -0.05) is 221 Å². The van der Waals surface area contributed by atoms with Crippen LogP contribution in [0.1, 0.15) is 233 Å². The SMILES string of the molecule is CCCCC\C=C/C=C\C=C/C=C\CCCCCCCC(=O)OCC(COC(=O)CCCCCCCCCCC)OC(=O)CCC/C=C\C/C=C\C/C=C\CCCCCCCC. The maximum atomic E-state index is 12.8. The fourth-order valence-electron chi connectivity index (χ4n) is 6.82. The minimum atomic E-state index is -0.810. The van der Waals surface area contributed by atoms with E-state index in [4.69, 9.17) is 14.2 Å². The maximum Gasteiger partial charge on any atom is 0.306 e. The third-order valence-electron chi connectivity index (χ3n) is 10.7. The summed E-state index contributed by atoms with van der Waals surface area (Å²) in [4.78, 5) is 37.9. The molecule has 1 atom stereocenters. The van der Waals surface area contributed by atoms with E-state index in [9.17, 15) is 14.4 Å². The standard InChI is InChI=1S/C56H94O6/c1-4-7-10-13-16-19-21-23-25-27-29-30-32-34-37-40-43-46-49-55(58)61-52-53(51-60-54(57)48-45-42-39-36-18-15-12-9-6-3)62-56(59)50-47-44-41-38-35-33-31-28-26-24-22-20-17-14-11-8-5-2/h16,19,21,23-27,29-31,33,38,41,53H,4-15,17-18,20,22,28,32,34-37,39-40,42-52H2,1-3H3/b19-16-,23-21-,26-24-,27-25-,30-29-,33-31-,41-38-. The van der Waals surface area contributed by atoms with Gasteiger partial charge in [0, 0.05) is 19.3 Å². The van der Waals surface area contributed by atoms with Crippen molar-refractivity contribution in [1.82, 2.24) is 0 Å². The molecule has 0 aromatic rings. The van der Waals surface area contributed by atoms with E-state index < -0.39 is 6.10 Å². The lowest BCUT2D eigenvalue weighted by Crippen LogP contribution is -2.30. The van der Waals surface area contributed by atoms with Gasteiger partial charge in [-0.25, -0.2) is 0 Å². The smallest absolute Gasteiger partial charge is 0.306 e. The van der Waals surface area contributed by atoms with Crippen molar-refractivity contribution in [3.63, 3.8) is 0 Å². The number of esters is 3. The van der Waals surface area contributed by atoms with Gasteiger partial charge in [-0.2, -0.15) is 0 Å². The number of ether oxygens (including phenoxy) is 3. The molecule has 0 amide bonds. The molecular formula is C56H94O6. The third kappa shape index (κ3) is 47.6. The zero-order chi connectivity index (χ0) is 45.1. The quantitative estimate of drug-likeness (QED) is 0.0199. The number of hydrogen-bond acceptors (Lipinski definition) is 6. The monoisotopic (exact) mass is 863 g/mol. The lowest BCUT2D eigenvalue weighted by atomic mass is 10.1. The van der Waals surface area contributed by atoms with E-state index in [-0.39, 0.29) is 37.5 Å². The van der Waals surface area contributed by atoms with Gasteiger partial charge in [0.15, 0.2) is 6.10 Å². The highest BCUT2D eigenvalue weighted by Crippen LogP contribution is 2.13. The van der Waals surface area contributed by atoms with Crippen LogP contribution < -0.4 is 0 Å². The molecule has 0 heterocycles. The fraction of sp³-hybridized carbons (Fsp3) is 0.696. The summed E-state index contributed by atoms with van der Waals surface area (Å²) in [7, 11) is 0. The van der Waals surface area contributed by atoms with Crippen molar-refractivity contribution < 1.29 is 28.6 Å². The molecule has 0 spiro atoms. The van der Waals surface area contributed by atoms with Crippen LogP contribution in [0.3, 0.4) is 0 Å². The highest BCUT2D eigenvalue weighted by molar-refractivity contribution is 5.71. The van der Waals surface area contributed by atoms with Gasteiger partial charge in [0.25, 0.3) is 0 Å². The average molecular weight is 863 g/mol. The molecule has 0 aromatic carbocycles. The zero-order valence-corrected chi connectivity index (χ0v) is 40.4. The van der Waals surface area contributed by atoms with Gasteiger partial charge < -0.3 is 14.2 Å². The number of carbonyl (C=O) groups is 3. The molecular weight excluding hydrogens is 769 g/mol. The summed E-state index contributed by atoms with van der Waals surface area (Å²) < 4.78 is 16.7. The Hall–Kier alpha value is -3.41. The first-order valence-corrected chi connectivity index (χ1v) is 25.6. The molecule has 1 unspecified atom stereocenters. The second kappa shape index (κ2) is 50.2. The molecule has 0 saturated carbocycles. The number of allylic oxidation sites excluding steroid dienone is 14. The van der Waals surface area contributed by atoms with Crippen LogP contribution in [0.15, 0.2) is 85.1 Å². The molecule has 6 heteroatoms. The van der Waals surface area contributed by atoms with Crippen LogP contribution in [0.5, 0.6) is 0 Å². The Morgan fingerprint density at radius 2 is 0.661 bits per heavy atom. The van der Waals surface area contributed by atoms with Crippen molar-refractivity contribution in [3.8, 4) is 0 Å². The van der Waals surface area contributed by atoms with Gasteiger partial charge in [0.1, 0.15) is 13.2 Å². The van der Waals surface area contributed by atoms with Crippen LogP contribution in [0, 0.1) is 0 Å². The molecule has 354 valence electrons. The van der Waals surface area contributed by atoms with Gasteiger partial charge in [0.2, 0.25) is 0 Å². The first-order chi connectivity index (χ1) is 30.5. The molecule has 0 saturated heterocycles. The maximum absolute atomic E-state index is 12.8. The van der Waals surface area contributed by atoms with Gasteiger partial charge >= 0.3 is 17.9 Å². The zero-order valence-electron chi connectivity index (χ0n) is 40.4. The molecule has 0 aliphatic carbocycles. The van der Waals surface area contributed by atoms with Crippen LogP contribution >= 0.6 is 0 Å². The second-order valence-corrected chi connectivity index (χ2v) is 16.8. The third-order valence-corrected chi connectivity index (χ3v) is 10.7. The lowest BCUT2D eigenvalue weighted by molar-refractivity contribution is -0.167. The van der Waals surface area contributed by atoms with Crippen molar-refractivity contribution in [3.05, 3.63) is 85.1 Å². The van der Waals surface area contributed by atoms with E-state index in [0.29, 0.717) is 19.3 Å². The lowest BCUT2D eigenvalue weighted by Gasteiger charge is -2.18.